The van der Waals surface area contributed by atoms with Crippen LogP contribution in [0.4, 0.5) is 5.82 Å². The molecule has 0 fully saturated rings. The molecule has 0 aliphatic rings. The second-order valence-corrected chi connectivity index (χ2v) is 4.14. The van der Waals surface area contributed by atoms with Gasteiger partial charge >= 0.3 is 0 Å². The molecular formula is C12H19N3S. The number of hydrogen-bond acceptors (Lipinski definition) is 3. The smallest absolute Gasteiger partial charge is 0.129 e. The quantitative estimate of drug-likeness (QED) is 0.771. The first-order chi connectivity index (χ1) is 7.69. The van der Waals surface area contributed by atoms with E-state index in [-0.39, 0.29) is 0 Å². The molecule has 0 aliphatic heterocycles. The first kappa shape index (κ1) is 12.9. The Morgan fingerprint density at radius 3 is 2.81 bits per heavy atom. The number of pyridine rings is 1. The lowest BCUT2D eigenvalue weighted by Gasteiger charge is -2.21. The minimum absolute atomic E-state index is 0.426. The van der Waals surface area contributed by atoms with E-state index in [1.807, 2.05) is 12.1 Å². The first-order valence-corrected chi connectivity index (χ1v) is 6.10. The third kappa shape index (κ3) is 3.45. The van der Waals surface area contributed by atoms with Gasteiger partial charge in [0.25, 0.3) is 0 Å². The lowest BCUT2D eigenvalue weighted by molar-refractivity contribution is 0.724. The van der Waals surface area contributed by atoms with Crippen LogP contribution in [0.25, 0.3) is 0 Å². The molecule has 0 spiro atoms. The van der Waals surface area contributed by atoms with E-state index in [4.69, 9.17) is 18.0 Å². The van der Waals surface area contributed by atoms with E-state index in [1.54, 1.807) is 6.20 Å². The highest BCUT2D eigenvalue weighted by Gasteiger charge is 2.06. The Labute approximate surface area is 103 Å². The van der Waals surface area contributed by atoms with Gasteiger partial charge in [0.1, 0.15) is 10.8 Å². The summed E-state index contributed by atoms with van der Waals surface area (Å²) in [6, 6.07) is 3.81. The normalized spacial score (nSPS) is 10.1. The van der Waals surface area contributed by atoms with Crippen molar-refractivity contribution in [1.29, 1.82) is 0 Å². The van der Waals surface area contributed by atoms with Gasteiger partial charge in [0.2, 0.25) is 0 Å². The number of hydrogen-bond donors (Lipinski definition) is 1. The van der Waals surface area contributed by atoms with E-state index in [1.165, 1.54) is 12.8 Å². The maximum atomic E-state index is 5.61. The molecule has 0 atom stereocenters. The van der Waals surface area contributed by atoms with Crippen molar-refractivity contribution in [3.8, 4) is 0 Å². The molecule has 0 radical (unpaired) electrons. The molecular weight excluding hydrogens is 218 g/mol. The summed E-state index contributed by atoms with van der Waals surface area (Å²) < 4.78 is 0. The Kier molecular flexibility index (Phi) is 5.19. The molecule has 4 heteroatoms. The first-order valence-electron chi connectivity index (χ1n) is 5.69. The van der Waals surface area contributed by atoms with Crippen LogP contribution in [0, 0.1) is 0 Å². The van der Waals surface area contributed by atoms with E-state index in [2.05, 4.69) is 23.7 Å². The molecule has 1 rings (SSSR count). The van der Waals surface area contributed by atoms with Crippen molar-refractivity contribution >= 4 is 23.0 Å². The van der Waals surface area contributed by atoms with Gasteiger partial charge in [-0.3, -0.25) is 0 Å². The second kappa shape index (κ2) is 6.43. The van der Waals surface area contributed by atoms with Crippen LogP contribution < -0.4 is 10.6 Å². The van der Waals surface area contributed by atoms with Crippen molar-refractivity contribution in [1.82, 2.24) is 4.98 Å². The van der Waals surface area contributed by atoms with Gasteiger partial charge < -0.3 is 10.6 Å². The number of nitrogens with two attached hydrogens (primary N) is 1. The predicted octanol–water partition coefficient (Wildman–Crippen LogP) is 2.34. The minimum atomic E-state index is 0.426. The van der Waals surface area contributed by atoms with Crippen molar-refractivity contribution in [3.05, 3.63) is 23.9 Å². The molecule has 1 aromatic heterocycles. The highest BCUT2D eigenvalue weighted by Crippen LogP contribution is 2.13. The summed E-state index contributed by atoms with van der Waals surface area (Å²) in [7, 11) is 0. The van der Waals surface area contributed by atoms with Gasteiger partial charge in [-0.25, -0.2) is 4.98 Å². The lowest BCUT2D eigenvalue weighted by Crippen LogP contribution is -2.25. The Morgan fingerprint density at radius 1 is 1.50 bits per heavy atom. The molecule has 3 nitrogen and oxygen atoms in total. The molecule has 0 saturated heterocycles. The van der Waals surface area contributed by atoms with Crippen LogP contribution in [0.5, 0.6) is 0 Å². The maximum Gasteiger partial charge on any atom is 0.129 e. The standard InChI is InChI=1S/C12H19N3S/c1-3-5-8-15(4-2)11-9-10(12(13)16)6-7-14-11/h6-7,9H,3-5,8H2,1-2H3,(H2,13,16). The average Bonchev–Trinajstić information content (AvgIpc) is 2.30. The summed E-state index contributed by atoms with van der Waals surface area (Å²) in [5, 5.41) is 0. The summed E-state index contributed by atoms with van der Waals surface area (Å²) in [6.07, 6.45) is 4.12. The summed E-state index contributed by atoms with van der Waals surface area (Å²) in [5.74, 6) is 0.959. The van der Waals surface area contributed by atoms with Crippen LogP contribution in [0.15, 0.2) is 18.3 Å². The van der Waals surface area contributed by atoms with Crippen LogP contribution in [0.3, 0.4) is 0 Å². The van der Waals surface area contributed by atoms with E-state index in [0.29, 0.717) is 4.99 Å². The van der Waals surface area contributed by atoms with Crippen LogP contribution >= 0.6 is 12.2 Å². The fourth-order valence-corrected chi connectivity index (χ4v) is 1.66. The van der Waals surface area contributed by atoms with Crippen molar-refractivity contribution < 1.29 is 0 Å². The average molecular weight is 237 g/mol. The van der Waals surface area contributed by atoms with Crippen LogP contribution in [-0.4, -0.2) is 23.1 Å². The Hall–Kier alpha value is -1.16. The zero-order valence-electron chi connectivity index (χ0n) is 9.94. The van der Waals surface area contributed by atoms with Crippen molar-refractivity contribution in [2.24, 2.45) is 5.73 Å². The Bertz CT molecular complexity index is 352. The summed E-state index contributed by atoms with van der Waals surface area (Å²) in [4.78, 5) is 7.02. The number of anilines is 1. The van der Waals surface area contributed by atoms with Crippen molar-refractivity contribution in [3.63, 3.8) is 0 Å². The van der Waals surface area contributed by atoms with Gasteiger partial charge in [-0.15, -0.1) is 0 Å². The monoisotopic (exact) mass is 237 g/mol. The molecule has 0 bridgehead atoms. The van der Waals surface area contributed by atoms with Crippen LogP contribution in [0.2, 0.25) is 0 Å². The van der Waals surface area contributed by atoms with Gasteiger partial charge in [-0.05, 0) is 25.5 Å². The fraction of sp³-hybridized carbons (Fsp3) is 0.500. The number of aromatic nitrogens is 1. The molecule has 0 aromatic carbocycles. The molecule has 0 saturated carbocycles. The van der Waals surface area contributed by atoms with Gasteiger partial charge in [0, 0.05) is 24.8 Å². The van der Waals surface area contributed by atoms with E-state index >= 15 is 0 Å². The number of thiocarbonyl (C=S) groups is 1. The number of rotatable bonds is 6. The minimum Gasteiger partial charge on any atom is -0.389 e. The summed E-state index contributed by atoms with van der Waals surface area (Å²) >= 11 is 4.96. The Morgan fingerprint density at radius 2 is 2.25 bits per heavy atom. The zero-order chi connectivity index (χ0) is 12.0. The molecule has 0 aliphatic carbocycles. The Balaban J connectivity index is 2.83. The van der Waals surface area contributed by atoms with Crippen molar-refractivity contribution in [2.75, 3.05) is 18.0 Å². The number of unbranched alkanes of at least 4 members (excludes halogenated alkanes) is 1. The molecule has 0 unspecified atom stereocenters. The molecule has 1 aromatic rings. The second-order valence-electron chi connectivity index (χ2n) is 3.70. The zero-order valence-corrected chi connectivity index (χ0v) is 10.8. The third-order valence-corrected chi connectivity index (χ3v) is 2.75. The maximum absolute atomic E-state index is 5.61. The fourth-order valence-electron chi connectivity index (χ4n) is 1.53. The van der Waals surface area contributed by atoms with E-state index < -0.39 is 0 Å². The molecule has 88 valence electrons. The predicted molar refractivity (Wildman–Crippen MR) is 72.9 cm³/mol. The van der Waals surface area contributed by atoms with E-state index in [0.717, 1.165) is 24.5 Å². The third-order valence-electron chi connectivity index (χ3n) is 2.52. The molecule has 16 heavy (non-hydrogen) atoms. The van der Waals surface area contributed by atoms with E-state index in [9.17, 15) is 0 Å². The van der Waals surface area contributed by atoms with Crippen LogP contribution in [-0.2, 0) is 0 Å². The van der Waals surface area contributed by atoms with Gasteiger partial charge in [0.05, 0.1) is 0 Å². The molecule has 2 N–H and O–H groups in total. The van der Waals surface area contributed by atoms with Crippen molar-refractivity contribution in [2.45, 2.75) is 26.7 Å². The van der Waals surface area contributed by atoms with Gasteiger partial charge in [-0.1, -0.05) is 25.6 Å². The van der Waals surface area contributed by atoms with Gasteiger partial charge in [-0.2, -0.15) is 0 Å². The van der Waals surface area contributed by atoms with Crippen LogP contribution in [0.1, 0.15) is 32.3 Å². The number of nitrogens with zero attached hydrogens (tertiary/aromatic N) is 2. The van der Waals surface area contributed by atoms with Gasteiger partial charge in [0.15, 0.2) is 0 Å². The topological polar surface area (TPSA) is 42.1 Å². The lowest BCUT2D eigenvalue weighted by atomic mass is 10.2. The highest BCUT2D eigenvalue weighted by atomic mass is 32.1. The molecule has 0 amide bonds. The SMILES string of the molecule is CCCCN(CC)c1cc(C(N)=S)ccn1. The summed E-state index contributed by atoms with van der Waals surface area (Å²) in [6.45, 7) is 6.30. The largest absolute Gasteiger partial charge is 0.389 e. The summed E-state index contributed by atoms with van der Waals surface area (Å²) in [5.41, 5.74) is 6.49. The molecule has 1 heterocycles. The highest BCUT2D eigenvalue weighted by molar-refractivity contribution is 7.80.